The fraction of sp³-hybridized carbons (Fsp3) is 0.500. The van der Waals surface area contributed by atoms with Crippen molar-refractivity contribution < 1.29 is 0 Å². The Morgan fingerprint density at radius 3 is 2.88 bits per heavy atom. The Labute approximate surface area is 108 Å². The number of thioether (sulfide) groups is 1. The van der Waals surface area contributed by atoms with Gasteiger partial charge in [-0.15, -0.1) is 11.8 Å². The van der Waals surface area contributed by atoms with Gasteiger partial charge in [0.2, 0.25) is 0 Å². The topological polar surface area (TPSA) is 27.0 Å². The minimum Gasteiger partial charge on any atom is -0.287 e. The molecular formula is C14H18N2S. The van der Waals surface area contributed by atoms with E-state index in [2.05, 4.69) is 35.2 Å². The largest absolute Gasteiger partial charge is 0.287 e. The highest BCUT2D eigenvalue weighted by Crippen LogP contribution is 2.20. The average molecular weight is 246 g/mol. The number of piperidine rings is 1. The molecule has 90 valence electrons. The summed E-state index contributed by atoms with van der Waals surface area (Å²) in [7, 11) is 0. The summed E-state index contributed by atoms with van der Waals surface area (Å²) in [5, 5.41) is 9.08. The van der Waals surface area contributed by atoms with Gasteiger partial charge in [0.15, 0.2) is 0 Å². The standard InChI is InChI=1S/C14H18N2S/c15-12-13-6-4-5-9-16(13)10-11-17-14-7-2-1-3-8-14/h1-3,7-8,13H,4-6,9-11H2. The van der Waals surface area contributed by atoms with Crippen molar-refractivity contribution in [1.29, 1.82) is 5.26 Å². The van der Waals surface area contributed by atoms with Crippen LogP contribution in [0, 0.1) is 11.3 Å². The van der Waals surface area contributed by atoms with Crippen LogP contribution in [0.1, 0.15) is 19.3 Å². The van der Waals surface area contributed by atoms with E-state index in [0.717, 1.165) is 25.3 Å². The molecule has 0 spiro atoms. The second-order valence-electron chi connectivity index (χ2n) is 4.34. The third-order valence-corrected chi connectivity index (χ3v) is 4.15. The average Bonchev–Trinajstić information content (AvgIpc) is 2.40. The fourth-order valence-corrected chi connectivity index (χ4v) is 3.11. The van der Waals surface area contributed by atoms with Crippen molar-refractivity contribution in [2.45, 2.75) is 30.2 Å². The molecule has 1 atom stereocenters. The van der Waals surface area contributed by atoms with E-state index in [1.165, 1.54) is 17.7 Å². The first-order chi connectivity index (χ1) is 8.40. The first-order valence-corrected chi connectivity index (χ1v) is 7.20. The van der Waals surface area contributed by atoms with Crippen molar-refractivity contribution in [1.82, 2.24) is 4.90 Å². The van der Waals surface area contributed by atoms with Crippen LogP contribution in [-0.4, -0.2) is 29.8 Å². The van der Waals surface area contributed by atoms with Crippen LogP contribution < -0.4 is 0 Å². The van der Waals surface area contributed by atoms with Crippen LogP contribution in [0.4, 0.5) is 0 Å². The zero-order chi connectivity index (χ0) is 11.9. The minimum atomic E-state index is 0.153. The molecule has 0 aromatic heterocycles. The summed E-state index contributed by atoms with van der Waals surface area (Å²) >= 11 is 1.88. The van der Waals surface area contributed by atoms with Crippen molar-refractivity contribution in [2.24, 2.45) is 0 Å². The van der Waals surface area contributed by atoms with Crippen molar-refractivity contribution in [3.63, 3.8) is 0 Å². The first-order valence-electron chi connectivity index (χ1n) is 6.21. The van der Waals surface area contributed by atoms with Crippen LogP contribution in [-0.2, 0) is 0 Å². The number of benzene rings is 1. The van der Waals surface area contributed by atoms with Crippen LogP contribution in [0.5, 0.6) is 0 Å². The lowest BCUT2D eigenvalue weighted by molar-refractivity contribution is 0.196. The Kier molecular flexibility index (Phi) is 4.90. The third kappa shape index (κ3) is 3.76. The number of nitriles is 1. The van der Waals surface area contributed by atoms with Crippen molar-refractivity contribution in [3.05, 3.63) is 30.3 Å². The van der Waals surface area contributed by atoms with Gasteiger partial charge in [0.1, 0.15) is 0 Å². The third-order valence-electron chi connectivity index (χ3n) is 3.15. The van der Waals surface area contributed by atoms with Gasteiger partial charge in [-0.25, -0.2) is 0 Å². The molecule has 2 nitrogen and oxygen atoms in total. The van der Waals surface area contributed by atoms with E-state index in [-0.39, 0.29) is 6.04 Å². The van der Waals surface area contributed by atoms with Gasteiger partial charge >= 0.3 is 0 Å². The quantitative estimate of drug-likeness (QED) is 0.764. The molecular weight excluding hydrogens is 228 g/mol. The Balaban J connectivity index is 1.76. The molecule has 17 heavy (non-hydrogen) atoms. The monoisotopic (exact) mass is 246 g/mol. The van der Waals surface area contributed by atoms with Gasteiger partial charge < -0.3 is 0 Å². The maximum atomic E-state index is 9.08. The Morgan fingerprint density at radius 1 is 1.29 bits per heavy atom. The lowest BCUT2D eigenvalue weighted by atomic mass is 10.0. The van der Waals surface area contributed by atoms with Gasteiger partial charge in [-0.1, -0.05) is 18.2 Å². The minimum absolute atomic E-state index is 0.153. The van der Waals surface area contributed by atoms with Crippen LogP contribution in [0.3, 0.4) is 0 Å². The molecule has 0 saturated carbocycles. The first kappa shape index (κ1) is 12.5. The van der Waals surface area contributed by atoms with Crippen LogP contribution in [0.15, 0.2) is 35.2 Å². The molecule has 0 N–H and O–H groups in total. The zero-order valence-corrected chi connectivity index (χ0v) is 10.8. The maximum Gasteiger partial charge on any atom is 0.0978 e. The van der Waals surface area contributed by atoms with E-state index in [4.69, 9.17) is 5.26 Å². The zero-order valence-electron chi connectivity index (χ0n) is 10.0. The Bertz CT molecular complexity index is 372. The molecule has 0 aliphatic carbocycles. The van der Waals surface area contributed by atoms with Gasteiger partial charge in [-0.2, -0.15) is 5.26 Å². The van der Waals surface area contributed by atoms with E-state index >= 15 is 0 Å². The molecule has 3 heteroatoms. The van der Waals surface area contributed by atoms with Crippen molar-refractivity contribution >= 4 is 11.8 Å². The molecule has 0 amide bonds. The molecule has 1 heterocycles. The fourth-order valence-electron chi connectivity index (χ4n) is 2.20. The Morgan fingerprint density at radius 2 is 2.12 bits per heavy atom. The second kappa shape index (κ2) is 6.68. The predicted octanol–water partition coefficient (Wildman–Crippen LogP) is 3.16. The smallest absolute Gasteiger partial charge is 0.0978 e. The van der Waals surface area contributed by atoms with E-state index in [1.807, 2.05) is 17.8 Å². The van der Waals surface area contributed by atoms with Gasteiger partial charge in [0, 0.05) is 17.2 Å². The number of hydrogen-bond acceptors (Lipinski definition) is 3. The van der Waals surface area contributed by atoms with Crippen LogP contribution in [0.25, 0.3) is 0 Å². The highest BCUT2D eigenvalue weighted by molar-refractivity contribution is 7.99. The number of rotatable bonds is 4. The molecule has 1 aliphatic heterocycles. The highest BCUT2D eigenvalue weighted by atomic mass is 32.2. The van der Waals surface area contributed by atoms with E-state index < -0.39 is 0 Å². The SMILES string of the molecule is N#CC1CCCCN1CCSc1ccccc1. The van der Waals surface area contributed by atoms with E-state index in [1.54, 1.807) is 0 Å². The molecule has 1 unspecified atom stereocenters. The van der Waals surface area contributed by atoms with E-state index in [0.29, 0.717) is 0 Å². The summed E-state index contributed by atoms with van der Waals surface area (Å²) in [6.45, 7) is 2.12. The van der Waals surface area contributed by atoms with Crippen molar-refractivity contribution in [2.75, 3.05) is 18.8 Å². The van der Waals surface area contributed by atoms with Gasteiger partial charge in [-0.05, 0) is 37.9 Å². The van der Waals surface area contributed by atoms with Gasteiger partial charge in [0.05, 0.1) is 12.1 Å². The summed E-state index contributed by atoms with van der Waals surface area (Å²) in [5.41, 5.74) is 0. The number of likely N-dealkylation sites (tertiary alicyclic amines) is 1. The maximum absolute atomic E-state index is 9.08. The molecule has 1 fully saturated rings. The molecule has 1 aliphatic rings. The molecule has 0 bridgehead atoms. The summed E-state index contributed by atoms with van der Waals surface area (Å²) in [6, 6.07) is 13.0. The lowest BCUT2D eigenvalue weighted by Gasteiger charge is -2.30. The Hall–Kier alpha value is -0.980. The summed E-state index contributed by atoms with van der Waals surface area (Å²) in [5.74, 6) is 1.07. The summed E-state index contributed by atoms with van der Waals surface area (Å²) < 4.78 is 0. The molecule has 1 aromatic carbocycles. The normalized spacial score (nSPS) is 21.0. The second-order valence-corrected chi connectivity index (χ2v) is 5.51. The molecule has 2 rings (SSSR count). The van der Waals surface area contributed by atoms with Crippen LogP contribution >= 0.6 is 11.8 Å². The van der Waals surface area contributed by atoms with E-state index in [9.17, 15) is 0 Å². The molecule has 1 aromatic rings. The lowest BCUT2D eigenvalue weighted by Crippen LogP contribution is -2.39. The number of nitrogens with zero attached hydrogens (tertiary/aromatic N) is 2. The highest BCUT2D eigenvalue weighted by Gasteiger charge is 2.20. The molecule has 1 saturated heterocycles. The van der Waals surface area contributed by atoms with Crippen LogP contribution in [0.2, 0.25) is 0 Å². The number of hydrogen-bond donors (Lipinski definition) is 0. The van der Waals surface area contributed by atoms with Gasteiger partial charge in [-0.3, -0.25) is 4.90 Å². The predicted molar refractivity (Wildman–Crippen MR) is 72.0 cm³/mol. The summed E-state index contributed by atoms with van der Waals surface area (Å²) in [4.78, 5) is 3.65. The van der Waals surface area contributed by atoms with Crippen molar-refractivity contribution in [3.8, 4) is 6.07 Å². The molecule has 0 radical (unpaired) electrons. The van der Waals surface area contributed by atoms with Gasteiger partial charge in [0.25, 0.3) is 0 Å². The summed E-state index contributed by atoms with van der Waals surface area (Å²) in [6.07, 6.45) is 3.50.